The fraction of sp³-hybridized carbons (Fsp3) is 0.909. The lowest BCUT2D eigenvalue weighted by Gasteiger charge is -2.24. The second-order valence-electron chi connectivity index (χ2n) is 4.18. The van der Waals surface area contributed by atoms with Gasteiger partial charge in [0.25, 0.3) is 0 Å². The molecule has 0 saturated carbocycles. The summed E-state index contributed by atoms with van der Waals surface area (Å²) in [6.45, 7) is 4.65. The van der Waals surface area contributed by atoms with Crippen molar-refractivity contribution in [2.75, 3.05) is 26.2 Å². The van der Waals surface area contributed by atoms with Gasteiger partial charge in [0.15, 0.2) is 0 Å². The first kappa shape index (κ1) is 12.5. The van der Waals surface area contributed by atoms with E-state index in [1.54, 1.807) is 6.92 Å². The highest BCUT2D eigenvalue weighted by Gasteiger charge is 2.23. The van der Waals surface area contributed by atoms with E-state index in [0.29, 0.717) is 6.04 Å². The van der Waals surface area contributed by atoms with Gasteiger partial charge in [0.05, 0.1) is 0 Å². The first-order chi connectivity index (χ1) is 7.24. The highest BCUT2D eigenvalue weighted by atomic mass is 16.2. The Kier molecular flexibility index (Phi) is 5.65. The smallest absolute Gasteiger partial charge is 0.216 e. The van der Waals surface area contributed by atoms with Gasteiger partial charge >= 0.3 is 0 Å². The van der Waals surface area contributed by atoms with Gasteiger partial charge in [-0.1, -0.05) is 0 Å². The molecule has 0 aliphatic carbocycles. The zero-order valence-electron chi connectivity index (χ0n) is 9.54. The molecule has 4 nitrogen and oxygen atoms in total. The number of carbonyl (C=O) groups excluding carboxylic acids is 1. The summed E-state index contributed by atoms with van der Waals surface area (Å²) in [6, 6.07) is 0.617. The van der Waals surface area contributed by atoms with Gasteiger partial charge in [-0.2, -0.15) is 0 Å². The molecule has 1 unspecified atom stereocenters. The van der Waals surface area contributed by atoms with E-state index in [0.717, 1.165) is 32.5 Å². The van der Waals surface area contributed by atoms with E-state index in [9.17, 15) is 4.79 Å². The fourth-order valence-corrected chi connectivity index (χ4v) is 2.22. The molecule has 1 aliphatic rings. The van der Waals surface area contributed by atoms with Crippen LogP contribution in [0.15, 0.2) is 0 Å². The Bertz CT molecular complexity index is 197. The number of nitrogens with one attached hydrogen (secondary N) is 1. The van der Waals surface area contributed by atoms with Gasteiger partial charge in [0.1, 0.15) is 0 Å². The Balaban J connectivity index is 2.17. The maximum Gasteiger partial charge on any atom is 0.216 e. The van der Waals surface area contributed by atoms with Gasteiger partial charge in [-0.15, -0.1) is 0 Å². The van der Waals surface area contributed by atoms with E-state index in [2.05, 4.69) is 10.2 Å². The number of aliphatic hydroxyl groups excluding tert-OH is 1. The molecule has 1 atom stereocenters. The number of hydrogen-bond acceptors (Lipinski definition) is 3. The Morgan fingerprint density at radius 3 is 3.07 bits per heavy atom. The summed E-state index contributed by atoms with van der Waals surface area (Å²) in [4.78, 5) is 13.1. The van der Waals surface area contributed by atoms with Crippen LogP contribution in [0.5, 0.6) is 0 Å². The van der Waals surface area contributed by atoms with Gasteiger partial charge in [-0.3, -0.25) is 9.69 Å². The van der Waals surface area contributed by atoms with Crippen LogP contribution >= 0.6 is 0 Å². The van der Waals surface area contributed by atoms with Crippen LogP contribution in [0.2, 0.25) is 0 Å². The molecule has 1 rings (SSSR count). The predicted octanol–water partition coefficient (Wildman–Crippen LogP) is 0.359. The maximum atomic E-state index is 10.7. The van der Waals surface area contributed by atoms with Crippen molar-refractivity contribution in [1.29, 1.82) is 0 Å². The summed E-state index contributed by atoms with van der Waals surface area (Å²) in [5, 5.41) is 11.6. The number of amides is 1. The SMILES string of the molecule is CC(=O)NCCN1CCCC1CCCO. The molecule has 88 valence electrons. The van der Waals surface area contributed by atoms with Crippen molar-refractivity contribution in [3.63, 3.8) is 0 Å². The topological polar surface area (TPSA) is 52.6 Å². The van der Waals surface area contributed by atoms with Crippen LogP contribution in [0.3, 0.4) is 0 Å². The Hall–Kier alpha value is -0.610. The second-order valence-corrected chi connectivity index (χ2v) is 4.18. The van der Waals surface area contributed by atoms with Gasteiger partial charge in [0.2, 0.25) is 5.91 Å². The van der Waals surface area contributed by atoms with E-state index in [-0.39, 0.29) is 12.5 Å². The standard InChI is InChI=1S/C11H22N2O2/c1-10(15)12-6-8-13-7-2-4-11(13)5-3-9-14/h11,14H,2-9H2,1H3,(H,12,15). The van der Waals surface area contributed by atoms with Crippen molar-refractivity contribution < 1.29 is 9.90 Å². The van der Waals surface area contributed by atoms with Crippen molar-refractivity contribution in [3.05, 3.63) is 0 Å². The summed E-state index contributed by atoms with van der Waals surface area (Å²) in [5.74, 6) is 0.0427. The Morgan fingerprint density at radius 1 is 1.60 bits per heavy atom. The number of nitrogens with zero attached hydrogens (tertiary/aromatic N) is 1. The second kappa shape index (κ2) is 6.80. The lowest BCUT2D eigenvalue weighted by Crippen LogP contribution is -2.37. The summed E-state index contributed by atoms with van der Waals surface area (Å²) < 4.78 is 0. The van der Waals surface area contributed by atoms with Crippen molar-refractivity contribution in [2.24, 2.45) is 0 Å². The lowest BCUT2D eigenvalue weighted by atomic mass is 10.1. The van der Waals surface area contributed by atoms with E-state index in [1.807, 2.05) is 0 Å². The summed E-state index contributed by atoms with van der Waals surface area (Å²) in [7, 11) is 0. The molecule has 0 bridgehead atoms. The molecule has 1 heterocycles. The zero-order valence-corrected chi connectivity index (χ0v) is 9.54. The highest BCUT2D eigenvalue weighted by molar-refractivity contribution is 5.72. The third kappa shape index (κ3) is 4.62. The first-order valence-electron chi connectivity index (χ1n) is 5.83. The molecule has 1 fully saturated rings. The molecule has 0 aromatic rings. The Labute approximate surface area is 91.6 Å². The van der Waals surface area contributed by atoms with Gasteiger partial charge in [0, 0.05) is 32.7 Å². The predicted molar refractivity (Wildman–Crippen MR) is 59.6 cm³/mol. The molecule has 4 heteroatoms. The molecular weight excluding hydrogens is 192 g/mol. The van der Waals surface area contributed by atoms with Crippen LogP contribution in [0.4, 0.5) is 0 Å². The average molecular weight is 214 g/mol. The minimum atomic E-state index is 0.0427. The van der Waals surface area contributed by atoms with Crippen LogP contribution in [-0.2, 0) is 4.79 Å². The molecule has 0 aromatic heterocycles. The number of rotatable bonds is 6. The Morgan fingerprint density at radius 2 is 2.40 bits per heavy atom. The zero-order chi connectivity index (χ0) is 11.1. The number of likely N-dealkylation sites (tertiary alicyclic amines) is 1. The van der Waals surface area contributed by atoms with Crippen LogP contribution in [-0.4, -0.2) is 48.2 Å². The average Bonchev–Trinajstić information content (AvgIpc) is 2.62. The van der Waals surface area contributed by atoms with Crippen LogP contribution in [0.25, 0.3) is 0 Å². The van der Waals surface area contributed by atoms with Crippen molar-refractivity contribution in [1.82, 2.24) is 10.2 Å². The molecule has 15 heavy (non-hydrogen) atoms. The van der Waals surface area contributed by atoms with E-state index >= 15 is 0 Å². The van der Waals surface area contributed by atoms with Gasteiger partial charge in [-0.25, -0.2) is 0 Å². The van der Waals surface area contributed by atoms with E-state index in [4.69, 9.17) is 5.11 Å². The molecule has 1 saturated heterocycles. The van der Waals surface area contributed by atoms with E-state index in [1.165, 1.54) is 12.8 Å². The third-order valence-corrected chi connectivity index (χ3v) is 2.97. The summed E-state index contributed by atoms with van der Waals surface area (Å²) in [5.41, 5.74) is 0. The molecule has 0 radical (unpaired) electrons. The third-order valence-electron chi connectivity index (χ3n) is 2.97. The van der Waals surface area contributed by atoms with Crippen molar-refractivity contribution >= 4 is 5.91 Å². The molecule has 1 aliphatic heterocycles. The number of hydrogen-bond donors (Lipinski definition) is 2. The van der Waals surface area contributed by atoms with Crippen molar-refractivity contribution in [2.45, 2.75) is 38.6 Å². The van der Waals surface area contributed by atoms with Crippen molar-refractivity contribution in [3.8, 4) is 0 Å². The molecule has 2 N–H and O–H groups in total. The lowest BCUT2D eigenvalue weighted by molar-refractivity contribution is -0.119. The number of carbonyl (C=O) groups is 1. The fourth-order valence-electron chi connectivity index (χ4n) is 2.22. The molecular formula is C11H22N2O2. The van der Waals surface area contributed by atoms with Gasteiger partial charge in [-0.05, 0) is 32.2 Å². The van der Waals surface area contributed by atoms with Crippen LogP contribution < -0.4 is 5.32 Å². The summed E-state index contributed by atoms with van der Waals surface area (Å²) >= 11 is 0. The highest BCUT2D eigenvalue weighted by Crippen LogP contribution is 2.20. The van der Waals surface area contributed by atoms with Crippen LogP contribution in [0.1, 0.15) is 32.6 Å². The summed E-state index contributed by atoms with van der Waals surface area (Å²) in [6.07, 6.45) is 4.45. The number of aliphatic hydroxyl groups is 1. The van der Waals surface area contributed by atoms with E-state index < -0.39 is 0 Å². The monoisotopic (exact) mass is 214 g/mol. The first-order valence-corrected chi connectivity index (χ1v) is 5.83. The maximum absolute atomic E-state index is 10.7. The minimum Gasteiger partial charge on any atom is -0.396 e. The largest absolute Gasteiger partial charge is 0.396 e. The molecule has 1 amide bonds. The quantitative estimate of drug-likeness (QED) is 0.671. The van der Waals surface area contributed by atoms with Crippen LogP contribution in [0, 0.1) is 0 Å². The minimum absolute atomic E-state index is 0.0427. The van der Waals surface area contributed by atoms with Gasteiger partial charge < -0.3 is 10.4 Å². The molecule has 0 aromatic carbocycles. The molecule has 0 spiro atoms. The normalized spacial score (nSPS) is 21.9.